The summed E-state index contributed by atoms with van der Waals surface area (Å²) in [6.07, 6.45) is 4.82. The number of nitrogens with zero attached hydrogens (tertiary/aromatic N) is 1. The van der Waals surface area contributed by atoms with Crippen LogP contribution in [0.3, 0.4) is 0 Å². The fourth-order valence-electron chi connectivity index (χ4n) is 2.50. The second-order valence-electron chi connectivity index (χ2n) is 5.05. The minimum Gasteiger partial charge on any atom is -0.455 e. The number of carbonyl (C=O) groups is 1. The Labute approximate surface area is 132 Å². The molecule has 1 aliphatic carbocycles. The van der Waals surface area contributed by atoms with Crippen LogP contribution in [0.4, 0.5) is 0 Å². The van der Waals surface area contributed by atoms with Crippen molar-refractivity contribution in [3.05, 3.63) is 46.7 Å². The minimum atomic E-state index is -3.47. The Balaban J connectivity index is 2.10. The highest BCUT2D eigenvalue weighted by molar-refractivity contribution is 7.90. The van der Waals surface area contributed by atoms with Crippen molar-refractivity contribution in [1.82, 2.24) is 4.98 Å². The van der Waals surface area contributed by atoms with Gasteiger partial charge in [0, 0.05) is 36.1 Å². The predicted molar refractivity (Wildman–Crippen MR) is 81.5 cm³/mol. The summed E-state index contributed by atoms with van der Waals surface area (Å²) in [5.41, 5.74) is 0.864. The van der Waals surface area contributed by atoms with Gasteiger partial charge in [0.05, 0.1) is 16.1 Å². The van der Waals surface area contributed by atoms with E-state index in [0.717, 1.165) is 6.26 Å². The zero-order valence-corrected chi connectivity index (χ0v) is 13.2. The number of aromatic nitrogens is 1. The van der Waals surface area contributed by atoms with Crippen molar-refractivity contribution in [2.24, 2.45) is 0 Å². The maximum Gasteiger partial charge on any atom is 0.176 e. The Kier molecular flexibility index (Phi) is 3.66. The van der Waals surface area contributed by atoms with Gasteiger partial charge in [0.15, 0.2) is 15.6 Å². The molecule has 114 valence electrons. The Morgan fingerprint density at radius 3 is 2.68 bits per heavy atom. The van der Waals surface area contributed by atoms with E-state index in [0.29, 0.717) is 28.5 Å². The first-order chi connectivity index (χ1) is 10.4. The lowest BCUT2D eigenvalue weighted by Gasteiger charge is -2.12. The van der Waals surface area contributed by atoms with Crippen molar-refractivity contribution >= 4 is 27.2 Å². The normalized spacial score (nSPS) is 14.0. The van der Waals surface area contributed by atoms with Crippen molar-refractivity contribution < 1.29 is 17.9 Å². The van der Waals surface area contributed by atoms with Gasteiger partial charge >= 0.3 is 0 Å². The highest BCUT2D eigenvalue weighted by atomic mass is 35.5. The molecule has 0 radical (unpaired) electrons. The van der Waals surface area contributed by atoms with E-state index in [1.54, 1.807) is 12.1 Å². The van der Waals surface area contributed by atoms with E-state index in [1.165, 1.54) is 18.5 Å². The first-order valence-electron chi connectivity index (χ1n) is 6.54. The third-order valence-corrected chi connectivity index (χ3v) is 4.77. The minimum absolute atomic E-state index is 0.0570. The first-order valence-corrected chi connectivity index (χ1v) is 8.81. The van der Waals surface area contributed by atoms with Crippen LogP contribution < -0.4 is 4.74 Å². The van der Waals surface area contributed by atoms with E-state index in [9.17, 15) is 13.2 Å². The van der Waals surface area contributed by atoms with Crippen LogP contribution >= 0.6 is 11.6 Å². The second kappa shape index (κ2) is 5.37. The summed E-state index contributed by atoms with van der Waals surface area (Å²) in [4.78, 5) is 16.0. The van der Waals surface area contributed by atoms with E-state index < -0.39 is 9.84 Å². The Morgan fingerprint density at radius 1 is 1.23 bits per heavy atom. The molecule has 0 atom stereocenters. The third-order valence-electron chi connectivity index (χ3n) is 3.42. The van der Waals surface area contributed by atoms with E-state index >= 15 is 0 Å². The molecule has 1 aliphatic rings. The van der Waals surface area contributed by atoms with Gasteiger partial charge in [-0.1, -0.05) is 11.6 Å². The van der Waals surface area contributed by atoms with E-state index in [1.807, 2.05) is 0 Å². The first kappa shape index (κ1) is 15.0. The maximum absolute atomic E-state index is 12.0. The molecule has 5 nitrogen and oxygen atoms in total. The summed E-state index contributed by atoms with van der Waals surface area (Å²) in [5, 5.41) is 0.429. The topological polar surface area (TPSA) is 73.3 Å². The van der Waals surface area contributed by atoms with E-state index in [-0.39, 0.29) is 22.7 Å². The number of carbonyl (C=O) groups excluding carboxylic acids is 1. The van der Waals surface area contributed by atoms with Crippen molar-refractivity contribution in [2.45, 2.75) is 17.7 Å². The Hall–Kier alpha value is -1.92. The van der Waals surface area contributed by atoms with E-state index in [4.69, 9.17) is 16.3 Å². The van der Waals surface area contributed by atoms with Gasteiger partial charge in [0.1, 0.15) is 11.5 Å². The van der Waals surface area contributed by atoms with Crippen LogP contribution in [0, 0.1) is 0 Å². The van der Waals surface area contributed by atoms with Gasteiger partial charge in [-0.3, -0.25) is 9.78 Å². The molecule has 3 rings (SSSR count). The molecule has 1 aromatic carbocycles. The molecule has 1 aromatic heterocycles. The zero-order valence-electron chi connectivity index (χ0n) is 11.7. The molecule has 0 spiro atoms. The molecule has 1 heterocycles. The number of halogens is 1. The third kappa shape index (κ3) is 2.71. The van der Waals surface area contributed by atoms with Gasteiger partial charge in [-0.05, 0) is 18.6 Å². The number of benzene rings is 1. The molecule has 7 heteroatoms. The summed E-state index contributed by atoms with van der Waals surface area (Å²) >= 11 is 5.86. The van der Waals surface area contributed by atoms with Crippen molar-refractivity contribution in [3.63, 3.8) is 0 Å². The van der Waals surface area contributed by atoms with Crippen molar-refractivity contribution in [1.29, 1.82) is 0 Å². The number of ketones is 1. The molecule has 0 bridgehead atoms. The number of Topliss-reactive ketones (excluding diaryl/α,β-unsaturated/α-hetero) is 1. The van der Waals surface area contributed by atoms with Crippen molar-refractivity contribution in [2.75, 3.05) is 6.26 Å². The number of pyridine rings is 1. The molecule has 0 saturated carbocycles. The van der Waals surface area contributed by atoms with Crippen LogP contribution in [0.2, 0.25) is 5.02 Å². The summed E-state index contributed by atoms with van der Waals surface area (Å²) in [6, 6.07) is 4.57. The van der Waals surface area contributed by atoms with Crippen LogP contribution in [0.1, 0.15) is 22.3 Å². The van der Waals surface area contributed by atoms with Crippen LogP contribution in [-0.4, -0.2) is 25.4 Å². The number of rotatable bonds is 3. The molecule has 0 unspecified atom stereocenters. The molecule has 2 aromatic rings. The molecular formula is C15H12ClNO4S. The van der Waals surface area contributed by atoms with Crippen LogP contribution in [0.25, 0.3) is 0 Å². The molecule has 0 fully saturated rings. The Morgan fingerprint density at radius 2 is 2.00 bits per heavy atom. The second-order valence-corrected chi connectivity index (χ2v) is 7.47. The average Bonchev–Trinajstić information content (AvgIpc) is 2.81. The number of ether oxygens (including phenoxy) is 1. The van der Waals surface area contributed by atoms with Gasteiger partial charge < -0.3 is 4.74 Å². The number of sulfone groups is 1. The molecule has 0 amide bonds. The molecule has 22 heavy (non-hydrogen) atoms. The Bertz CT molecular complexity index is 877. The summed E-state index contributed by atoms with van der Waals surface area (Å²) in [5.74, 6) is 0.712. The summed E-state index contributed by atoms with van der Waals surface area (Å²) < 4.78 is 29.4. The fourth-order valence-corrected chi connectivity index (χ4v) is 3.59. The molecule has 0 N–H and O–H groups in total. The van der Waals surface area contributed by atoms with Crippen LogP contribution in [-0.2, 0) is 16.3 Å². The van der Waals surface area contributed by atoms with Crippen LogP contribution in [0.15, 0.2) is 35.5 Å². The number of hydrogen-bond acceptors (Lipinski definition) is 5. The highest BCUT2D eigenvalue weighted by Gasteiger charge is 2.30. The largest absolute Gasteiger partial charge is 0.455 e. The van der Waals surface area contributed by atoms with Gasteiger partial charge in [-0.2, -0.15) is 0 Å². The monoisotopic (exact) mass is 337 g/mol. The van der Waals surface area contributed by atoms with Gasteiger partial charge in [0.2, 0.25) is 0 Å². The highest BCUT2D eigenvalue weighted by Crippen LogP contribution is 2.37. The summed E-state index contributed by atoms with van der Waals surface area (Å²) in [6.45, 7) is 0. The maximum atomic E-state index is 12.0. The standard InChI is InChI=1S/C15H12ClNO4S/c1-22(19,20)14-5-4-13(11-2-3-12(18)15(11)14)21-10-6-9(16)7-17-8-10/h4-8H,2-3H2,1H3. The quantitative estimate of drug-likeness (QED) is 0.860. The molecular weight excluding hydrogens is 326 g/mol. The average molecular weight is 338 g/mol. The lowest BCUT2D eigenvalue weighted by Crippen LogP contribution is -2.06. The molecule has 0 aliphatic heterocycles. The zero-order chi connectivity index (χ0) is 15.9. The van der Waals surface area contributed by atoms with Gasteiger partial charge in [-0.25, -0.2) is 8.42 Å². The summed E-state index contributed by atoms with van der Waals surface area (Å²) in [7, 11) is -3.47. The fraction of sp³-hybridized carbons (Fsp3) is 0.200. The lowest BCUT2D eigenvalue weighted by atomic mass is 10.1. The van der Waals surface area contributed by atoms with Gasteiger partial charge in [0.25, 0.3) is 0 Å². The lowest BCUT2D eigenvalue weighted by molar-refractivity contribution is 0.0991. The van der Waals surface area contributed by atoms with Gasteiger partial charge in [-0.15, -0.1) is 0 Å². The number of fused-ring (bicyclic) bond motifs is 1. The van der Waals surface area contributed by atoms with Crippen molar-refractivity contribution in [3.8, 4) is 11.5 Å². The molecule has 0 saturated heterocycles. The predicted octanol–water partition coefficient (Wildman–Crippen LogP) is 3.06. The van der Waals surface area contributed by atoms with E-state index in [2.05, 4.69) is 4.98 Å². The van der Waals surface area contributed by atoms with Crippen LogP contribution in [0.5, 0.6) is 11.5 Å². The smallest absolute Gasteiger partial charge is 0.176 e. The number of hydrogen-bond donors (Lipinski definition) is 0. The SMILES string of the molecule is CS(=O)(=O)c1ccc(Oc2cncc(Cl)c2)c2c1C(=O)CC2.